The van der Waals surface area contributed by atoms with Crippen molar-refractivity contribution in [2.75, 3.05) is 31.8 Å². The van der Waals surface area contributed by atoms with Crippen molar-refractivity contribution in [1.29, 1.82) is 0 Å². The van der Waals surface area contributed by atoms with Crippen LogP contribution in [0.25, 0.3) is 0 Å². The number of ether oxygens (including phenoxy) is 2. The van der Waals surface area contributed by atoms with E-state index in [9.17, 15) is 8.42 Å². The van der Waals surface area contributed by atoms with Gasteiger partial charge < -0.3 is 14.8 Å². The number of nitrogens with one attached hydrogen (secondary N) is 1. The molecule has 0 saturated heterocycles. The Kier molecular flexibility index (Phi) is 7.53. The molecule has 0 aliphatic heterocycles. The highest BCUT2D eigenvalue weighted by Crippen LogP contribution is 2.31. The van der Waals surface area contributed by atoms with E-state index >= 15 is 0 Å². The quantitative estimate of drug-likeness (QED) is 0.669. The molecule has 21 heavy (non-hydrogen) atoms. The molecule has 0 aliphatic carbocycles. The lowest BCUT2D eigenvalue weighted by Crippen LogP contribution is -2.13. The molecule has 0 fully saturated rings. The third kappa shape index (κ3) is 5.93. The Balaban J connectivity index is 2.71. The van der Waals surface area contributed by atoms with Gasteiger partial charge in [-0.25, -0.2) is 8.42 Å². The van der Waals surface area contributed by atoms with Crippen molar-refractivity contribution < 1.29 is 17.9 Å². The lowest BCUT2D eigenvalue weighted by Gasteiger charge is -2.15. The number of hydrogen-bond acceptors (Lipinski definition) is 5. The molecule has 1 N–H and O–H groups in total. The molecule has 0 heterocycles. The van der Waals surface area contributed by atoms with Crippen LogP contribution in [0, 0.1) is 0 Å². The van der Waals surface area contributed by atoms with E-state index in [2.05, 4.69) is 5.32 Å². The van der Waals surface area contributed by atoms with Gasteiger partial charge in [0.2, 0.25) is 0 Å². The van der Waals surface area contributed by atoms with Crippen molar-refractivity contribution in [2.45, 2.75) is 26.8 Å². The van der Waals surface area contributed by atoms with E-state index in [1.807, 2.05) is 32.2 Å². The van der Waals surface area contributed by atoms with Crippen molar-refractivity contribution in [1.82, 2.24) is 5.32 Å². The molecule has 0 atom stereocenters. The molecule has 6 heteroatoms. The highest BCUT2D eigenvalue weighted by atomic mass is 32.2. The van der Waals surface area contributed by atoms with Crippen LogP contribution in [-0.4, -0.2) is 40.2 Å². The fourth-order valence-corrected chi connectivity index (χ4v) is 2.77. The minimum absolute atomic E-state index is 0.154. The van der Waals surface area contributed by atoms with Crippen LogP contribution in [0.2, 0.25) is 0 Å². The number of rotatable bonds is 10. The molecule has 0 aromatic heterocycles. The molecule has 120 valence electrons. The normalized spacial score (nSPS) is 11.4. The average Bonchev–Trinajstić information content (AvgIpc) is 2.46. The molecular weight excluding hydrogens is 290 g/mol. The first kappa shape index (κ1) is 17.8. The monoisotopic (exact) mass is 315 g/mol. The minimum atomic E-state index is -2.94. The summed E-state index contributed by atoms with van der Waals surface area (Å²) in [5, 5.41) is 3.09. The Morgan fingerprint density at radius 1 is 1.19 bits per heavy atom. The summed E-state index contributed by atoms with van der Waals surface area (Å²) >= 11 is 0. The first-order valence-corrected chi connectivity index (χ1v) is 9.08. The van der Waals surface area contributed by atoms with Gasteiger partial charge in [-0.1, -0.05) is 19.1 Å². The summed E-state index contributed by atoms with van der Waals surface area (Å²) < 4.78 is 34.3. The van der Waals surface area contributed by atoms with Crippen LogP contribution in [0.4, 0.5) is 0 Å². The fraction of sp³-hybridized carbons (Fsp3) is 0.600. The van der Waals surface area contributed by atoms with Crippen molar-refractivity contribution in [3.05, 3.63) is 23.8 Å². The summed E-state index contributed by atoms with van der Waals surface area (Å²) in [6.07, 6.45) is 0.482. The highest BCUT2D eigenvalue weighted by molar-refractivity contribution is 7.91. The van der Waals surface area contributed by atoms with E-state index < -0.39 is 9.84 Å². The molecule has 0 bridgehead atoms. The van der Waals surface area contributed by atoms with Crippen LogP contribution in [0.1, 0.15) is 25.8 Å². The number of para-hydroxylation sites is 1. The van der Waals surface area contributed by atoms with Crippen LogP contribution in [-0.2, 0) is 16.4 Å². The van der Waals surface area contributed by atoms with Crippen molar-refractivity contribution in [3.63, 3.8) is 0 Å². The molecule has 0 spiro atoms. The molecule has 0 aliphatic rings. The van der Waals surface area contributed by atoms with Crippen LogP contribution < -0.4 is 14.8 Å². The average molecular weight is 315 g/mol. The predicted octanol–water partition coefficient (Wildman–Crippen LogP) is 2.01. The van der Waals surface area contributed by atoms with Gasteiger partial charge in [-0.3, -0.25) is 0 Å². The first-order valence-electron chi connectivity index (χ1n) is 7.26. The van der Waals surface area contributed by atoms with Gasteiger partial charge in [-0.2, -0.15) is 0 Å². The molecule has 0 unspecified atom stereocenters. The zero-order valence-corrected chi connectivity index (χ0v) is 13.8. The molecule has 1 rings (SSSR count). The van der Waals surface area contributed by atoms with E-state index in [-0.39, 0.29) is 11.5 Å². The molecule has 5 nitrogen and oxygen atoms in total. The largest absolute Gasteiger partial charge is 0.490 e. The summed E-state index contributed by atoms with van der Waals surface area (Å²) in [4.78, 5) is 0. The minimum Gasteiger partial charge on any atom is -0.490 e. The van der Waals surface area contributed by atoms with Gasteiger partial charge in [0.05, 0.1) is 19.0 Å². The van der Waals surface area contributed by atoms with E-state index in [0.29, 0.717) is 37.7 Å². The van der Waals surface area contributed by atoms with Gasteiger partial charge in [-0.15, -0.1) is 0 Å². The number of benzene rings is 1. The van der Waals surface area contributed by atoms with Gasteiger partial charge in [0, 0.05) is 17.9 Å². The second-order valence-electron chi connectivity index (χ2n) is 4.65. The SMILES string of the molecule is CCOc1cccc(CNC)c1OCCCS(=O)(=O)CC. The van der Waals surface area contributed by atoms with Gasteiger partial charge in [0.25, 0.3) is 0 Å². The van der Waals surface area contributed by atoms with Crippen LogP contribution in [0.15, 0.2) is 18.2 Å². The first-order chi connectivity index (χ1) is 10.0. The summed E-state index contributed by atoms with van der Waals surface area (Å²) in [5.74, 6) is 1.72. The molecule has 0 saturated carbocycles. The second kappa shape index (κ2) is 8.89. The van der Waals surface area contributed by atoms with Gasteiger partial charge in [0.1, 0.15) is 9.84 Å². The Hall–Kier alpha value is -1.27. The summed E-state index contributed by atoms with van der Waals surface area (Å²) in [5.41, 5.74) is 1.00. The summed E-state index contributed by atoms with van der Waals surface area (Å²) in [6, 6.07) is 5.75. The van der Waals surface area contributed by atoms with Gasteiger partial charge in [0.15, 0.2) is 11.5 Å². The van der Waals surface area contributed by atoms with Crippen molar-refractivity contribution in [2.24, 2.45) is 0 Å². The molecular formula is C15H25NO4S. The fourth-order valence-electron chi connectivity index (χ4n) is 1.92. The lowest BCUT2D eigenvalue weighted by atomic mass is 10.2. The van der Waals surface area contributed by atoms with Crippen LogP contribution in [0.3, 0.4) is 0 Å². The molecule has 0 radical (unpaired) electrons. The zero-order chi connectivity index (χ0) is 15.7. The van der Waals surface area contributed by atoms with Crippen LogP contribution >= 0.6 is 0 Å². The maximum Gasteiger partial charge on any atom is 0.165 e. The summed E-state index contributed by atoms with van der Waals surface area (Å²) in [6.45, 7) is 5.17. The van der Waals surface area contributed by atoms with Crippen molar-refractivity contribution >= 4 is 9.84 Å². The van der Waals surface area contributed by atoms with Crippen LogP contribution in [0.5, 0.6) is 11.5 Å². The van der Waals surface area contributed by atoms with Crippen molar-refractivity contribution in [3.8, 4) is 11.5 Å². The third-order valence-electron chi connectivity index (χ3n) is 3.01. The molecule has 1 aromatic carbocycles. The Morgan fingerprint density at radius 2 is 1.95 bits per heavy atom. The van der Waals surface area contributed by atoms with E-state index in [4.69, 9.17) is 9.47 Å². The Bertz CT molecular complexity index is 504. The van der Waals surface area contributed by atoms with E-state index in [0.717, 1.165) is 5.56 Å². The molecule has 1 aromatic rings. The maximum atomic E-state index is 11.5. The van der Waals surface area contributed by atoms with E-state index in [1.165, 1.54) is 0 Å². The number of sulfone groups is 1. The maximum absolute atomic E-state index is 11.5. The predicted molar refractivity (Wildman–Crippen MR) is 84.8 cm³/mol. The van der Waals surface area contributed by atoms with E-state index in [1.54, 1.807) is 6.92 Å². The second-order valence-corrected chi connectivity index (χ2v) is 7.12. The third-order valence-corrected chi connectivity index (χ3v) is 4.80. The Morgan fingerprint density at radius 3 is 2.57 bits per heavy atom. The standard InChI is InChI=1S/C15H25NO4S/c1-4-19-14-9-6-8-13(12-16-3)15(14)20-10-7-11-21(17,18)5-2/h6,8-9,16H,4-5,7,10-12H2,1-3H3. The highest BCUT2D eigenvalue weighted by Gasteiger charge is 2.12. The topological polar surface area (TPSA) is 64.6 Å². The Labute approximate surface area is 127 Å². The molecule has 0 amide bonds. The summed E-state index contributed by atoms with van der Waals surface area (Å²) in [7, 11) is -1.07. The zero-order valence-electron chi connectivity index (χ0n) is 13.0. The van der Waals surface area contributed by atoms with Gasteiger partial charge >= 0.3 is 0 Å². The smallest absolute Gasteiger partial charge is 0.165 e. The number of hydrogen-bond donors (Lipinski definition) is 1. The lowest BCUT2D eigenvalue weighted by molar-refractivity contribution is 0.274. The van der Waals surface area contributed by atoms with Gasteiger partial charge in [-0.05, 0) is 26.5 Å².